The first kappa shape index (κ1) is 19.3. The van der Waals surface area contributed by atoms with Gasteiger partial charge in [0.15, 0.2) is 0 Å². The molecule has 2 N–H and O–H groups in total. The van der Waals surface area contributed by atoms with Crippen LogP contribution in [-0.2, 0) is 4.79 Å². The van der Waals surface area contributed by atoms with Crippen molar-refractivity contribution in [3.8, 4) is 0 Å². The van der Waals surface area contributed by atoms with Gasteiger partial charge < -0.3 is 15.5 Å². The highest BCUT2D eigenvalue weighted by atomic mass is 16.1. The molecule has 0 atom stereocenters. The van der Waals surface area contributed by atoms with Gasteiger partial charge in [-0.1, -0.05) is 13.0 Å². The van der Waals surface area contributed by atoms with Gasteiger partial charge in [-0.15, -0.1) is 0 Å². The lowest BCUT2D eigenvalue weighted by Gasteiger charge is -2.32. The number of aryl methyl sites for hydroxylation is 2. The minimum Gasteiger partial charge on any atom is -0.385 e. The SMILES string of the molecule is Cc1cc(C)cc(NC(=O)CCNc2ccc(N3CCC(C)CC3)cc2)c1. The second-order valence-corrected chi connectivity index (χ2v) is 7.82. The third kappa shape index (κ3) is 5.75. The lowest BCUT2D eigenvalue weighted by molar-refractivity contribution is -0.115. The van der Waals surface area contributed by atoms with Gasteiger partial charge in [-0.3, -0.25) is 4.79 Å². The zero-order valence-corrected chi connectivity index (χ0v) is 16.7. The standard InChI is InChI=1S/C23H31N3O/c1-17-9-12-26(13-10-17)22-6-4-20(5-7-22)24-11-8-23(27)25-21-15-18(2)14-19(3)16-21/h4-7,14-17,24H,8-13H2,1-3H3,(H,25,27). The molecule has 144 valence electrons. The number of nitrogens with one attached hydrogen (secondary N) is 2. The Morgan fingerprint density at radius 2 is 1.63 bits per heavy atom. The zero-order valence-electron chi connectivity index (χ0n) is 16.7. The summed E-state index contributed by atoms with van der Waals surface area (Å²) < 4.78 is 0. The van der Waals surface area contributed by atoms with E-state index in [-0.39, 0.29) is 5.91 Å². The van der Waals surface area contributed by atoms with Crippen LogP contribution in [0.3, 0.4) is 0 Å². The molecular formula is C23H31N3O. The number of amides is 1. The number of carbonyl (C=O) groups is 1. The molecular weight excluding hydrogens is 334 g/mol. The molecule has 0 spiro atoms. The van der Waals surface area contributed by atoms with Crippen molar-refractivity contribution in [3.05, 3.63) is 53.6 Å². The summed E-state index contributed by atoms with van der Waals surface area (Å²) in [4.78, 5) is 14.6. The lowest BCUT2D eigenvalue weighted by atomic mass is 9.99. The summed E-state index contributed by atoms with van der Waals surface area (Å²) in [5.41, 5.74) is 5.54. The molecule has 0 aromatic heterocycles. The molecule has 1 saturated heterocycles. The number of hydrogen-bond donors (Lipinski definition) is 2. The zero-order chi connectivity index (χ0) is 19.2. The van der Waals surface area contributed by atoms with E-state index >= 15 is 0 Å². The first-order chi connectivity index (χ1) is 13.0. The van der Waals surface area contributed by atoms with Gasteiger partial charge in [0, 0.05) is 43.1 Å². The van der Waals surface area contributed by atoms with Crippen LogP contribution in [0.2, 0.25) is 0 Å². The van der Waals surface area contributed by atoms with E-state index in [1.54, 1.807) is 0 Å². The second-order valence-electron chi connectivity index (χ2n) is 7.82. The Morgan fingerprint density at radius 1 is 1.00 bits per heavy atom. The van der Waals surface area contributed by atoms with E-state index in [2.05, 4.69) is 52.8 Å². The predicted octanol–water partition coefficient (Wildman–Crippen LogP) is 4.98. The van der Waals surface area contributed by atoms with Crippen LogP contribution in [0.15, 0.2) is 42.5 Å². The number of carbonyl (C=O) groups excluding carboxylic acids is 1. The fourth-order valence-corrected chi connectivity index (χ4v) is 3.65. The van der Waals surface area contributed by atoms with Crippen LogP contribution >= 0.6 is 0 Å². The number of hydrogen-bond acceptors (Lipinski definition) is 3. The highest BCUT2D eigenvalue weighted by molar-refractivity contribution is 5.91. The molecule has 1 fully saturated rings. The molecule has 0 radical (unpaired) electrons. The Morgan fingerprint density at radius 3 is 2.26 bits per heavy atom. The highest BCUT2D eigenvalue weighted by Crippen LogP contribution is 2.24. The highest BCUT2D eigenvalue weighted by Gasteiger charge is 2.15. The molecule has 0 aliphatic carbocycles. The summed E-state index contributed by atoms with van der Waals surface area (Å²) in [6.07, 6.45) is 2.99. The molecule has 0 unspecified atom stereocenters. The molecule has 2 aromatic rings. The summed E-state index contributed by atoms with van der Waals surface area (Å²) in [5.74, 6) is 0.878. The monoisotopic (exact) mass is 365 g/mol. The molecule has 1 aliphatic heterocycles. The second kappa shape index (κ2) is 8.94. The lowest BCUT2D eigenvalue weighted by Crippen LogP contribution is -2.32. The van der Waals surface area contributed by atoms with Crippen LogP contribution in [-0.4, -0.2) is 25.5 Å². The van der Waals surface area contributed by atoms with Crippen molar-refractivity contribution in [2.45, 2.75) is 40.0 Å². The van der Waals surface area contributed by atoms with Gasteiger partial charge in [0.2, 0.25) is 5.91 Å². The van der Waals surface area contributed by atoms with Crippen LogP contribution in [0.5, 0.6) is 0 Å². The minimum absolute atomic E-state index is 0.0338. The maximum Gasteiger partial charge on any atom is 0.226 e. The molecule has 0 bridgehead atoms. The third-order valence-corrected chi connectivity index (χ3v) is 5.20. The van der Waals surface area contributed by atoms with E-state index in [0.29, 0.717) is 13.0 Å². The number of benzene rings is 2. The van der Waals surface area contributed by atoms with Crippen molar-refractivity contribution in [1.29, 1.82) is 0 Å². The molecule has 1 heterocycles. The van der Waals surface area contributed by atoms with E-state index in [1.807, 2.05) is 26.0 Å². The first-order valence-electron chi connectivity index (χ1n) is 9.96. The van der Waals surface area contributed by atoms with Gasteiger partial charge in [-0.05, 0) is 80.1 Å². The van der Waals surface area contributed by atoms with Crippen molar-refractivity contribution in [1.82, 2.24) is 0 Å². The van der Waals surface area contributed by atoms with E-state index < -0.39 is 0 Å². The fraction of sp³-hybridized carbons (Fsp3) is 0.435. The van der Waals surface area contributed by atoms with E-state index in [1.165, 1.54) is 18.5 Å². The Hall–Kier alpha value is -2.49. The van der Waals surface area contributed by atoms with Gasteiger partial charge in [0.1, 0.15) is 0 Å². The minimum atomic E-state index is 0.0338. The quantitative estimate of drug-likeness (QED) is 0.759. The van der Waals surface area contributed by atoms with E-state index in [4.69, 9.17) is 0 Å². The molecule has 27 heavy (non-hydrogen) atoms. The van der Waals surface area contributed by atoms with E-state index in [0.717, 1.165) is 41.5 Å². The van der Waals surface area contributed by atoms with Gasteiger partial charge in [-0.2, -0.15) is 0 Å². The average molecular weight is 366 g/mol. The van der Waals surface area contributed by atoms with Crippen LogP contribution in [0.4, 0.5) is 17.1 Å². The van der Waals surface area contributed by atoms with Crippen LogP contribution in [0, 0.1) is 19.8 Å². The molecule has 1 amide bonds. The molecule has 1 aliphatic rings. The summed E-state index contributed by atoms with van der Waals surface area (Å²) >= 11 is 0. The molecule has 4 heteroatoms. The van der Waals surface area contributed by atoms with Gasteiger partial charge in [-0.25, -0.2) is 0 Å². The third-order valence-electron chi connectivity index (χ3n) is 5.20. The largest absolute Gasteiger partial charge is 0.385 e. The maximum atomic E-state index is 12.2. The van der Waals surface area contributed by atoms with Gasteiger partial charge in [0.05, 0.1) is 0 Å². The average Bonchev–Trinajstić information content (AvgIpc) is 2.62. The van der Waals surface area contributed by atoms with Gasteiger partial charge in [0.25, 0.3) is 0 Å². The fourth-order valence-electron chi connectivity index (χ4n) is 3.65. The summed E-state index contributed by atoms with van der Waals surface area (Å²) in [6, 6.07) is 14.7. The van der Waals surface area contributed by atoms with Crippen LogP contribution < -0.4 is 15.5 Å². The smallest absolute Gasteiger partial charge is 0.226 e. The topological polar surface area (TPSA) is 44.4 Å². The number of rotatable bonds is 6. The summed E-state index contributed by atoms with van der Waals surface area (Å²) in [7, 11) is 0. The number of anilines is 3. The first-order valence-corrected chi connectivity index (χ1v) is 9.96. The van der Waals surface area contributed by atoms with Crippen LogP contribution in [0.1, 0.15) is 37.3 Å². The van der Waals surface area contributed by atoms with Crippen molar-refractivity contribution in [2.24, 2.45) is 5.92 Å². The molecule has 4 nitrogen and oxygen atoms in total. The summed E-state index contributed by atoms with van der Waals surface area (Å²) in [5, 5.41) is 6.32. The Kier molecular flexibility index (Phi) is 6.38. The van der Waals surface area contributed by atoms with Crippen molar-refractivity contribution in [2.75, 3.05) is 35.2 Å². The maximum absolute atomic E-state index is 12.2. The predicted molar refractivity (Wildman–Crippen MR) is 115 cm³/mol. The number of piperidine rings is 1. The van der Waals surface area contributed by atoms with Gasteiger partial charge >= 0.3 is 0 Å². The summed E-state index contributed by atoms with van der Waals surface area (Å²) in [6.45, 7) is 9.33. The van der Waals surface area contributed by atoms with Crippen molar-refractivity contribution >= 4 is 23.0 Å². The molecule has 3 rings (SSSR count). The Balaban J connectivity index is 1.44. The Bertz CT molecular complexity index is 741. The Labute approximate surface area is 163 Å². The van der Waals surface area contributed by atoms with Crippen molar-refractivity contribution < 1.29 is 4.79 Å². The molecule has 0 saturated carbocycles. The molecule has 2 aromatic carbocycles. The van der Waals surface area contributed by atoms with Crippen molar-refractivity contribution in [3.63, 3.8) is 0 Å². The van der Waals surface area contributed by atoms with Crippen LogP contribution in [0.25, 0.3) is 0 Å². The normalized spacial score (nSPS) is 14.9. The number of nitrogens with zero attached hydrogens (tertiary/aromatic N) is 1. The van der Waals surface area contributed by atoms with E-state index in [9.17, 15) is 4.79 Å².